The van der Waals surface area contributed by atoms with Gasteiger partial charge in [0.1, 0.15) is 16.5 Å². The Kier molecular flexibility index (Phi) is 4.12. The van der Waals surface area contributed by atoms with Crippen LogP contribution in [0.5, 0.6) is 0 Å². The lowest BCUT2D eigenvalue weighted by Crippen LogP contribution is -2.51. The molecule has 0 bridgehead atoms. The van der Waals surface area contributed by atoms with E-state index in [1.807, 2.05) is 30.4 Å². The van der Waals surface area contributed by atoms with E-state index in [-0.39, 0.29) is 23.9 Å². The van der Waals surface area contributed by atoms with Gasteiger partial charge in [-0.25, -0.2) is 9.78 Å². The first-order valence-electron chi connectivity index (χ1n) is 7.80. The van der Waals surface area contributed by atoms with Gasteiger partial charge in [0.15, 0.2) is 0 Å². The maximum absolute atomic E-state index is 13.0. The number of carboxylic acid groups (broad SMARTS) is 1. The van der Waals surface area contributed by atoms with Crippen LogP contribution in [0.3, 0.4) is 0 Å². The summed E-state index contributed by atoms with van der Waals surface area (Å²) < 4.78 is 2.80. The van der Waals surface area contributed by atoms with Crippen molar-refractivity contribution in [1.29, 1.82) is 0 Å². The zero-order chi connectivity index (χ0) is 16.9. The van der Waals surface area contributed by atoms with Gasteiger partial charge in [0, 0.05) is 13.1 Å². The average Bonchev–Trinajstić information content (AvgIpc) is 3.01. The average molecular weight is 385 g/mol. The highest BCUT2D eigenvalue weighted by Crippen LogP contribution is 2.53. The molecular formula is C15H21BrN4O3. The molecule has 0 spiro atoms. The van der Waals surface area contributed by atoms with Crippen molar-refractivity contribution < 1.29 is 14.7 Å². The fraction of sp³-hybridized carbons (Fsp3) is 0.667. The van der Waals surface area contributed by atoms with E-state index >= 15 is 0 Å². The number of fused-ring (bicyclic) bond motifs is 1. The minimum atomic E-state index is -1.17. The first kappa shape index (κ1) is 16.3. The van der Waals surface area contributed by atoms with E-state index < -0.39 is 12.1 Å². The van der Waals surface area contributed by atoms with Gasteiger partial charge in [0.05, 0.1) is 12.2 Å². The van der Waals surface area contributed by atoms with Crippen LogP contribution in [0.2, 0.25) is 0 Å². The number of carbonyl (C=O) groups is 2. The predicted molar refractivity (Wildman–Crippen MR) is 86.8 cm³/mol. The number of amides is 2. The topological polar surface area (TPSA) is 87.5 Å². The Hall–Kier alpha value is -1.57. The number of hydrogen-bond donors (Lipinski definition) is 2. The molecule has 4 atom stereocenters. The second kappa shape index (κ2) is 5.81. The molecule has 3 rings (SSSR count). The summed E-state index contributed by atoms with van der Waals surface area (Å²) in [5.41, 5.74) is 0. The first-order valence-corrected chi connectivity index (χ1v) is 8.59. The van der Waals surface area contributed by atoms with Crippen molar-refractivity contribution in [2.75, 3.05) is 0 Å². The maximum Gasteiger partial charge on any atom is 0.405 e. The molecule has 23 heavy (non-hydrogen) atoms. The largest absolute Gasteiger partial charge is 0.465 e. The van der Waals surface area contributed by atoms with Crippen molar-refractivity contribution in [3.8, 4) is 0 Å². The molecule has 2 heterocycles. The molecule has 2 N–H and O–H groups in total. The van der Waals surface area contributed by atoms with Crippen LogP contribution in [0.25, 0.3) is 0 Å². The van der Waals surface area contributed by atoms with Crippen LogP contribution in [0.15, 0.2) is 10.8 Å². The monoisotopic (exact) mass is 384 g/mol. The number of carbonyl (C=O) groups excluding carboxylic acids is 1. The SMILES string of the molecule is CC(C)[C@H](NC(=O)O)C(=O)N1[C@H](c2ncc(Br)n2C)C[C@@H]2C[C@@H]21. The standard InChI is InChI=1S/C15H21BrN4O3/c1-7(2)12(18-15(22)23)14(21)20-9-4-8(9)5-10(20)13-17-6-11(16)19(13)3/h6-10,12,18H,4-5H2,1-3H3,(H,22,23)/t8-,9-,10-,12-/m0/s1. The van der Waals surface area contributed by atoms with Gasteiger partial charge in [0.25, 0.3) is 0 Å². The Morgan fingerprint density at radius 3 is 2.65 bits per heavy atom. The molecule has 2 fully saturated rings. The lowest BCUT2D eigenvalue weighted by atomic mass is 10.0. The highest BCUT2D eigenvalue weighted by molar-refractivity contribution is 9.10. The Balaban J connectivity index is 1.88. The van der Waals surface area contributed by atoms with E-state index in [1.54, 1.807) is 6.20 Å². The zero-order valence-electron chi connectivity index (χ0n) is 13.4. The molecule has 0 radical (unpaired) electrons. The number of nitrogens with zero attached hydrogens (tertiary/aromatic N) is 3. The number of hydrogen-bond acceptors (Lipinski definition) is 3. The van der Waals surface area contributed by atoms with Gasteiger partial charge >= 0.3 is 6.09 Å². The highest BCUT2D eigenvalue weighted by atomic mass is 79.9. The van der Waals surface area contributed by atoms with Gasteiger partial charge in [-0.1, -0.05) is 13.8 Å². The normalized spacial score (nSPS) is 27.0. The van der Waals surface area contributed by atoms with Gasteiger partial charge in [0.2, 0.25) is 5.91 Å². The fourth-order valence-electron chi connectivity index (χ4n) is 3.52. The predicted octanol–water partition coefficient (Wildman–Crippen LogP) is 2.14. The van der Waals surface area contributed by atoms with Crippen LogP contribution in [-0.4, -0.2) is 43.6 Å². The second-order valence-corrected chi connectivity index (χ2v) is 7.54. The molecule has 1 saturated carbocycles. The Morgan fingerprint density at radius 1 is 1.43 bits per heavy atom. The number of rotatable bonds is 4. The van der Waals surface area contributed by atoms with Crippen molar-refractivity contribution in [2.24, 2.45) is 18.9 Å². The number of nitrogens with one attached hydrogen (secondary N) is 1. The van der Waals surface area contributed by atoms with Crippen LogP contribution in [0.4, 0.5) is 4.79 Å². The van der Waals surface area contributed by atoms with Crippen LogP contribution < -0.4 is 5.32 Å². The fourth-order valence-corrected chi connectivity index (χ4v) is 3.81. The molecule has 1 saturated heterocycles. The zero-order valence-corrected chi connectivity index (χ0v) is 14.9. The molecule has 1 aliphatic carbocycles. The summed E-state index contributed by atoms with van der Waals surface area (Å²) in [4.78, 5) is 30.3. The van der Waals surface area contributed by atoms with E-state index in [2.05, 4.69) is 26.2 Å². The number of imidazole rings is 1. The van der Waals surface area contributed by atoms with E-state index in [4.69, 9.17) is 5.11 Å². The van der Waals surface area contributed by atoms with E-state index in [1.165, 1.54) is 0 Å². The molecule has 1 aliphatic heterocycles. The summed E-state index contributed by atoms with van der Waals surface area (Å²) >= 11 is 3.44. The number of likely N-dealkylation sites (tertiary alicyclic amines) is 1. The molecule has 0 aromatic carbocycles. The molecule has 1 aromatic heterocycles. The lowest BCUT2D eigenvalue weighted by Gasteiger charge is -2.32. The summed E-state index contributed by atoms with van der Waals surface area (Å²) in [6.07, 6.45) is 2.47. The minimum absolute atomic E-state index is 0.0839. The first-order chi connectivity index (χ1) is 10.8. The third-order valence-electron chi connectivity index (χ3n) is 4.84. The van der Waals surface area contributed by atoms with Crippen LogP contribution in [0.1, 0.15) is 38.6 Å². The number of aromatic nitrogens is 2. The van der Waals surface area contributed by atoms with Crippen LogP contribution >= 0.6 is 15.9 Å². The van der Waals surface area contributed by atoms with Crippen LogP contribution in [-0.2, 0) is 11.8 Å². The maximum atomic E-state index is 13.0. The number of piperidine rings is 1. The summed E-state index contributed by atoms with van der Waals surface area (Å²) in [5, 5.41) is 11.4. The molecule has 7 nitrogen and oxygen atoms in total. The van der Waals surface area contributed by atoms with Crippen molar-refractivity contribution in [3.63, 3.8) is 0 Å². The molecule has 126 valence electrons. The van der Waals surface area contributed by atoms with Crippen molar-refractivity contribution >= 4 is 27.9 Å². The van der Waals surface area contributed by atoms with Crippen LogP contribution in [0, 0.1) is 11.8 Å². The van der Waals surface area contributed by atoms with Crippen molar-refractivity contribution in [3.05, 3.63) is 16.6 Å². The highest BCUT2D eigenvalue weighted by Gasteiger charge is 2.56. The molecular weight excluding hydrogens is 364 g/mol. The van der Waals surface area contributed by atoms with Gasteiger partial charge in [-0.15, -0.1) is 0 Å². The molecule has 1 aromatic rings. The van der Waals surface area contributed by atoms with Crippen molar-refractivity contribution in [2.45, 2.75) is 44.8 Å². The second-order valence-electron chi connectivity index (χ2n) is 6.73. The Bertz CT molecular complexity index is 645. The third-order valence-corrected chi connectivity index (χ3v) is 5.57. The van der Waals surface area contributed by atoms with Gasteiger partial charge < -0.3 is 19.9 Å². The quantitative estimate of drug-likeness (QED) is 0.832. The summed E-state index contributed by atoms with van der Waals surface area (Å²) in [7, 11) is 1.91. The molecule has 8 heteroatoms. The molecule has 0 unspecified atom stereocenters. The van der Waals surface area contributed by atoms with Crippen molar-refractivity contribution in [1.82, 2.24) is 19.8 Å². The van der Waals surface area contributed by atoms with E-state index in [9.17, 15) is 9.59 Å². The third kappa shape index (κ3) is 2.84. The van der Waals surface area contributed by atoms with Gasteiger partial charge in [-0.2, -0.15) is 0 Å². The minimum Gasteiger partial charge on any atom is -0.465 e. The lowest BCUT2D eigenvalue weighted by molar-refractivity contribution is -0.136. The smallest absolute Gasteiger partial charge is 0.405 e. The summed E-state index contributed by atoms with van der Waals surface area (Å²) in [6.45, 7) is 3.71. The van der Waals surface area contributed by atoms with E-state index in [0.29, 0.717) is 5.92 Å². The Morgan fingerprint density at radius 2 is 2.13 bits per heavy atom. The van der Waals surface area contributed by atoms with Gasteiger partial charge in [-0.05, 0) is 40.6 Å². The molecule has 2 amide bonds. The Labute approximate surface area is 143 Å². The summed E-state index contributed by atoms with van der Waals surface area (Å²) in [5.74, 6) is 1.11. The molecule has 2 aliphatic rings. The summed E-state index contributed by atoms with van der Waals surface area (Å²) in [6, 6.07) is -0.586. The number of halogens is 1. The van der Waals surface area contributed by atoms with Gasteiger partial charge in [-0.3, -0.25) is 4.79 Å². The van der Waals surface area contributed by atoms with E-state index in [0.717, 1.165) is 23.3 Å².